The van der Waals surface area contributed by atoms with Gasteiger partial charge in [-0.3, -0.25) is 4.68 Å². The molecule has 1 heterocycles. The van der Waals surface area contributed by atoms with E-state index in [4.69, 9.17) is 0 Å². The van der Waals surface area contributed by atoms with E-state index in [2.05, 4.69) is 10.4 Å². The minimum Gasteiger partial charge on any atom is -0.392 e. The average molecular weight is 237 g/mol. The van der Waals surface area contributed by atoms with Gasteiger partial charge in [0.05, 0.1) is 11.8 Å². The Morgan fingerprint density at radius 2 is 2.24 bits per heavy atom. The number of rotatable bonds is 4. The lowest BCUT2D eigenvalue weighted by molar-refractivity contribution is 0.120. The zero-order valence-corrected chi connectivity index (χ0v) is 10.6. The predicted octanol–water partition coefficient (Wildman–Crippen LogP) is 1.25. The summed E-state index contributed by atoms with van der Waals surface area (Å²) in [6.45, 7) is 0.902. The molecule has 2 unspecified atom stereocenters. The second-order valence-electron chi connectivity index (χ2n) is 5.00. The molecular formula is C13H23N3O. The summed E-state index contributed by atoms with van der Waals surface area (Å²) in [5.74, 6) is 0. The standard InChI is InChI=1S/C13H23N3O/c1-16-10-8-11(15-16)7-9-14-12-5-3-2-4-6-13(12)17/h8,10,12-14,17H,2-7,9H2,1H3. The van der Waals surface area contributed by atoms with Crippen LogP contribution in [-0.4, -0.2) is 33.6 Å². The fraction of sp³-hybridized carbons (Fsp3) is 0.769. The Kier molecular flexibility index (Phi) is 4.57. The smallest absolute Gasteiger partial charge is 0.0693 e. The first-order chi connectivity index (χ1) is 8.25. The lowest BCUT2D eigenvalue weighted by Crippen LogP contribution is -2.40. The molecule has 0 spiro atoms. The van der Waals surface area contributed by atoms with Crippen LogP contribution in [0.15, 0.2) is 12.3 Å². The van der Waals surface area contributed by atoms with Crippen LogP contribution in [0.1, 0.15) is 37.8 Å². The minimum atomic E-state index is -0.166. The summed E-state index contributed by atoms with van der Waals surface area (Å²) in [5, 5.41) is 17.8. The second kappa shape index (κ2) is 6.17. The third kappa shape index (κ3) is 3.82. The molecule has 0 saturated heterocycles. The Morgan fingerprint density at radius 3 is 3.00 bits per heavy atom. The predicted molar refractivity (Wildman–Crippen MR) is 67.8 cm³/mol. The summed E-state index contributed by atoms with van der Waals surface area (Å²) in [4.78, 5) is 0. The van der Waals surface area contributed by atoms with Crippen molar-refractivity contribution in [2.45, 2.75) is 50.7 Å². The van der Waals surface area contributed by atoms with Gasteiger partial charge in [-0.15, -0.1) is 0 Å². The van der Waals surface area contributed by atoms with E-state index in [1.807, 2.05) is 24.0 Å². The Labute approximate surface area is 103 Å². The van der Waals surface area contributed by atoms with Gasteiger partial charge in [-0.2, -0.15) is 5.10 Å². The van der Waals surface area contributed by atoms with E-state index < -0.39 is 0 Å². The van der Waals surface area contributed by atoms with Crippen molar-refractivity contribution in [1.82, 2.24) is 15.1 Å². The van der Waals surface area contributed by atoms with Crippen LogP contribution in [0, 0.1) is 0 Å². The Hall–Kier alpha value is -0.870. The molecule has 0 bridgehead atoms. The van der Waals surface area contributed by atoms with Gasteiger partial charge in [0.1, 0.15) is 0 Å². The largest absolute Gasteiger partial charge is 0.392 e. The Morgan fingerprint density at radius 1 is 1.41 bits per heavy atom. The minimum absolute atomic E-state index is 0.166. The molecule has 96 valence electrons. The summed E-state index contributed by atoms with van der Waals surface area (Å²) in [6.07, 6.45) is 8.44. The zero-order valence-electron chi connectivity index (χ0n) is 10.6. The molecule has 4 heteroatoms. The quantitative estimate of drug-likeness (QED) is 0.775. The van der Waals surface area contributed by atoms with Crippen LogP contribution < -0.4 is 5.32 Å². The van der Waals surface area contributed by atoms with Crippen molar-refractivity contribution in [3.8, 4) is 0 Å². The van der Waals surface area contributed by atoms with Gasteiger partial charge in [-0.1, -0.05) is 19.3 Å². The van der Waals surface area contributed by atoms with Crippen molar-refractivity contribution >= 4 is 0 Å². The summed E-state index contributed by atoms with van der Waals surface area (Å²) in [5.41, 5.74) is 1.11. The zero-order chi connectivity index (χ0) is 12.1. The van der Waals surface area contributed by atoms with Crippen molar-refractivity contribution < 1.29 is 5.11 Å². The lowest BCUT2D eigenvalue weighted by atomic mass is 10.1. The van der Waals surface area contributed by atoms with Crippen LogP contribution >= 0.6 is 0 Å². The monoisotopic (exact) mass is 237 g/mol. The van der Waals surface area contributed by atoms with Gasteiger partial charge in [-0.05, 0) is 18.9 Å². The third-order valence-corrected chi connectivity index (χ3v) is 3.54. The maximum absolute atomic E-state index is 9.97. The molecule has 1 aliphatic rings. The van der Waals surface area contributed by atoms with Crippen molar-refractivity contribution in [2.24, 2.45) is 7.05 Å². The van der Waals surface area contributed by atoms with Gasteiger partial charge in [0.2, 0.25) is 0 Å². The van der Waals surface area contributed by atoms with Crippen LogP contribution in [-0.2, 0) is 13.5 Å². The van der Waals surface area contributed by atoms with Crippen molar-refractivity contribution in [2.75, 3.05) is 6.54 Å². The van der Waals surface area contributed by atoms with Gasteiger partial charge in [0.25, 0.3) is 0 Å². The van der Waals surface area contributed by atoms with E-state index in [0.717, 1.165) is 31.5 Å². The highest BCUT2D eigenvalue weighted by molar-refractivity contribution is 4.99. The molecule has 0 aliphatic heterocycles. The number of aliphatic hydroxyl groups excluding tert-OH is 1. The van der Waals surface area contributed by atoms with Crippen LogP contribution in [0.25, 0.3) is 0 Å². The fourth-order valence-corrected chi connectivity index (χ4v) is 2.51. The van der Waals surface area contributed by atoms with E-state index in [1.54, 1.807) is 0 Å². The Bertz CT molecular complexity index is 337. The van der Waals surface area contributed by atoms with E-state index in [0.29, 0.717) is 0 Å². The maximum Gasteiger partial charge on any atom is 0.0693 e. The van der Waals surface area contributed by atoms with E-state index in [-0.39, 0.29) is 12.1 Å². The first kappa shape index (κ1) is 12.6. The van der Waals surface area contributed by atoms with Crippen molar-refractivity contribution in [3.63, 3.8) is 0 Å². The second-order valence-corrected chi connectivity index (χ2v) is 5.00. The molecule has 0 radical (unpaired) electrons. The highest BCUT2D eigenvalue weighted by atomic mass is 16.3. The number of aromatic nitrogens is 2. The van der Waals surface area contributed by atoms with Gasteiger partial charge >= 0.3 is 0 Å². The van der Waals surface area contributed by atoms with E-state index in [9.17, 15) is 5.11 Å². The van der Waals surface area contributed by atoms with Crippen molar-refractivity contribution in [3.05, 3.63) is 18.0 Å². The molecule has 4 nitrogen and oxygen atoms in total. The number of aliphatic hydroxyl groups is 1. The molecule has 17 heavy (non-hydrogen) atoms. The summed E-state index contributed by atoms with van der Waals surface area (Å²) in [7, 11) is 1.94. The van der Waals surface area contributed by atoms with Gasteiger partial charge in [0, 0.05) is 32.3 Å². The average Bonchev–Trinajstić information content (AvgIpc) is 2.61. The molecule has 2 rings (SSSR count). The molecule has 0 aromatic carbocycles. The normalized spacial score (nSPS) is 25.8. The van der Waals surface area contributed by atoms with Gasteiger partial charge < -0.3 is 10.4 Å². The molecule has 1 saturated carbocycles. The number of nitrogens with zero attached hydrogens (tertiary/aromatic N) is 2. The van der Waals surface area contributed by atoms with Crippen LogP contribution in [0.4, 0.5) is 0 Å². The number of hydrogen-bond acceptors (Lipinski definition) is 3. The molecule has 0 amide bonds. The Balaban J connectivity index is 1.73. The molecule has 1 aromatic rings. The van der Waals surface area contributed by atoms with Crippen LogP contribution in [0.3, 0.4) is 0 Å². The lowest BCUT2D eigenvalue weighted by Gasteiger charge is -2.21. The summed E-state index contributed by atoms with van der Waals surface area (Å²) < 4.78 is 1.83. The van der Waals surface area contributed by atoms with Crippen LogP contribution in [0.2, 0.25) is 0 Å². The SMILES string of the molecule is Cn1ccc(CCNC2CCCCCC2O)n1. The van der Waals surface area contributed by atoms with Gasteiger partial charge in [-0.25, -0.2) is 0 Å². The highest BCUT2D eigenvalue weighted by Crippen LogP contribution is 2.17. The summed E-state index contributed by atoms with van der Waals surface area (Å²) in [6, 6.07) is 2.33. The molecule has 1 aliphatic carbocycles. The van der Waals surface area contributed by atoms with E-state index in [1.165, 1.54) is 19.3 Å². The molecule has 1 aromatic heterocycles. The first-order valence-corrected chi connectivity index (χ1v) is 6.65. The fourth-order valence-electron chi connectivity index (χ4n) is 2.51. The van der Waals surface area contributed by atoms with E-state index >= 15 is 0 Å². The summed E-state index contributed by atoms with van der Waals surface area (Å²) >= 11 is 0. The van der Waals surface area contributed by atoms with Crippen LogP contribution in [0.5, 0.6) is 0 Å². The van der Waals surface area contributed by atoms with Crippen molar-refractivity contribution in [1.29, 1.82) is 0 Å². The topological polar surface area (TPSA) is 50.1 Å². The maximum atomic E-state index is 9.97. The molecule has 2 atom stereocenters. The third-order valence-electron chi connectivity index (χ3n) is 3.54. The number of nitrogens with one attached hydrogen (secondary N) is 1. The molecular weight excluding hydrogens is 214 g/mol. The van der Waals surface area contributed by atoms with Gasteiger partial charge in [0.15, 0.2) is 0 Å². The highest BCUT2D eigenvalue weighted by Gasteiger charge is 2.20. The molecule has 2 N–H and O–H groups in total. The first-order valence-electron chi connectivity index (χ1n) is 6.65. The number of aryl methyl sites for hydroxylation is 1. The molecule has 1 fully saturated rings. The number of hydrogen-bond donors (Lipinski definition) is 2.